The number of nitrogens with two attached hydrogens (primary N) is 1. The standard InChI is InChI=1S/C10H16N4O4S3/c1-2-13-20(15,16)7-6-14-21(17,18)8-4-3-5-12-9(8)10(11)19/h3-5,13-14H,2,6-7H2,1H3,(H2,11,19). The molecule has 0 spiro atoms. The van der Waals surface area contributed by atoms with Crippen molar-refractivity contribution in [2.75, 3.05) is 18.8 Å². The Bertz CT molecular complexity index is 716. The highest BCUT2D eigenvalue weighted by Crippen LogP contribution is 2.12. The van der Waals surface area contributed by atoms with Crippen molar-refractivity contribution >= 4 is 37.3 Å². The minimum absolute atomic E-state index is 0.0328. The molecule has 11 heteroatoms. The molecule has 4 N–H and O–H groups in total. The summed E-state index contributed by atoms with van der Waals surface area (Å²) in [5, 5.41) is 0. The summed E-state index contributed by atoms with van der Waals surface area (Å²) in [5.41, 5.74) is 5.39. The van der Waals surface area contributed by atoms with Gasteiger partial charge in [0.2, 0.25) is 20.0 Å². The molecule has 8 nitrogen and oxygen atoms in total. The molecule has 0 aliphatic rings. The number of nitrogens with one attached hydrogen (secondary N) is 2. The average molecular weight is 352 g/mol. The number of sulfonamides is 2. The number of thiocarbonyl (C=S) groups is 1. The van der Waals surface area contributed by atoms with Crippen LogP contribution in [0.25, 0.3) is 0 Å². The highest BCUT2D eigenvalue weighted by molar-refractivity contribution is 7.90. The molecule has 0 saturated carbocycles. The van der Waals surface area contributed by atoms with E-state index in [9.17, 15) is 16.8 Å². The quantitative estimate of drug-likeness (QED) is 0.508. The molecule has 0 aliphatic carbocycles. The van der Waals surface area contributed by atoms with Crippen molar-refractivity contribution in [3.8, 4) is 0 Å². The molecule has 0 atom stereocenters. The Morgan fingerprint density at radius 2 is 2.00 bits per heavy atom. The zero-order valence-corrected chi connectivity index (χ0v) is 13.7. The third-order valence-electron chi connectivity index (χ3n) is 2.32. The van der Waals surface area contributed by atoms with E-state index in [4.69, 9.17) is 18.0 Å². The number of aromatic nitrogens is 1. The lowest BCUT2D eigenvalue weighted by atomic mass is 10.3. The van der Waals surface area contributed by atoms with Crippen LogP contribution in [0.4, 0.5) is 0 Å². The average Bonchev–Trinajstić information content (AvgIpc) is 2.38. The predicted octanol–water partition coefficient (Wildman–Crippen LogP) is -1.07. The summed E-state index contributed by atoms with van der Waals surface area (Å²) in [4.78, 5) is 3.48. The van der Waals surface area contributed by atoms with Crippen molar-refractivity contribution in [3.63, 3.8) is 0 Å². The Morgan fingerprint density at radius 1 is 1.33 bits per heavy atom. The van der Waals surface area contributed by atoms with Gasteiger partial charge in [0.1, 0.15) is 15.6 Å². The normalized spacial score (nSPS) is 12.2. The zero-order chi connectivity index (χ0) is 16.1. The lowest BCUT2D eigenvalue weighted by molar-refractivity contribution is 0.576. The fourth-order valence-corrected chi connectivity index (χ4v) is 3.99. The van der Waals surface area contributed by atoms with Gasteiger partial charge in [-0.25, -0.2) is 26.3 Å². The summed E-state index contributed by atoms with van der Waals surface area (Å²) in [6, 6.07) is 2.72. The van der Waals surface area contributed by atoms with E-state index >= 15 is 0 Å². The molecule has 0 unspecified atom stereocenters. The van der Waals surface area contributed by atoms with Crippen molar-refractivity contribution < 1.29 is 16.8 Å². The third-order valence-corrected chi connectivity index (χ3v) is 5.48. The van der Waals surface area contributed by atoms with Crippen LogP contribution in [0.3, 0.4) is 0 Å². The number of hydrogen-bond donors (Lipinski definition) is 3. The second-order valence-electron chi connectivity index (χ2n) is 3.93. The van der Waals surface area contributed by atoms with Crippen molar-refractivity contribution in [3.05, 3.63) is 24.0 Å². The Hall–Kier alpha value is -1.14. The van der Waals surface area contributed by atoms with E-state index in [1.165, 1.54) is 18.3 Å². The maximum Gasteiger partial charge on any atom is 0.242 e. The van der Waals surface area contributed by atoms with Crippen LogP contribution in [-0.4, -0.2) is 45.7 Å². The molecule has 0 radical (unpaired) electrons. The largest absolute Gasteiger partial charge is 0.388 e. The first-order valence-corrected chi connectivity index (χ1v) is 9.46. The smallest absolute Gasteiger partial charge is 0.242 e. The summed E-state index contributed by atoms with van der Waals surface area (Å²) < 4.78 is 51.5. The molecule has 0 amide bonds. The van der Waals surface area contributed by atoms with Crippen LogP contribution >= 0.6 is 12.2 Å². The van der Waals surface area contributed by atoms with Gasteiger partial charge in [0.25, 0.3) is 0 Å². The lowest BCUT2D eigenvalue weighted by Gasteiger charge is -2.10. The van der Waals surface area contributed by atoms with Gasteiger partial charge in [0.15, 0.2) is 0 Å². The maximum atomic E-state index is 12.1. The van der Waals surface area contributed by atoms with Gasteiger partial charge in [-0.05, 0) is 12.1 Å². The molecule has 118 valence electrons. The van der Waals surface area contributed by atoms with E-state index in [0.717, 1.165) is 0 Å². The van der Waals surface area contributed by atoms with Crippen LogP contribution in [0.2, 0.25) is 0 Å². The topological polar surface area (TPSA) is 131 Å². The number of hydrogen-bond acceptors (Lipinski definition) is 6. The second-order valence-corrected chi connectivity index (χ2v) is 8.03. The Labute approximate surface area is 129 Å². The van der Waals surface area contributed by atoms with Crippen molar-refractivity contribution in [2.45, 2.75) is 11.8 Å². The van der Waals surface area contributed by atoms with Crippen LogP contribution < -0.4 is 15.2 Å². The molecule has 0 aliphatic heterocycles. The molecule has 21 heavy (non-hydrogen) atoms. The van der Waals surface area contributed by atoms with E-state index in [-0.39, 0.29) is 34.4 Å². The molecule has 1 heterocycles. The summed E-state index contributed by atoms with van der Waals surface area (Å²) in [6.07, 6.45) is 1.36. The second kappa shape index (κ2) is 7.22. The van der Waals surface area contributed by atoms with Crippen LogP contribution in [0.5, 0.6) is 0 Å². The molecule has 0 saturated heterocycles. The van der Waals surface area contributed by atoms with Crippen LogP contribution in [0.1, 0.15) is 12.6 Å². The molecule has 1 rings (SSSR count). The van der Waals surface area contributed by atoms with Crippen molar-refractivity contribution in [1.29, 1.82) is 0 Å². The molecular formula is C10H16N4O4S3. The van der Waals surface area contributed by atoms with Gasteiger partial charge in [-0.2, -0.15) is 0 Å². The zero-order valence-electron chi connectivity index (χ0n) is 11.2. The molecule has 0 fully saturated rings. The molecule has 0 bridgehead atoms. The monoisotopic (exact) mass is 352 g/mol. The van der Waals surface area contributed by atoms with E-state index < -0.39 is 20.0 Å². The molecule has 1 aromatic heterocycles. The molecular weight excluding hydrogens is 336 g/mol. The van der Waals surface area contributed by atoms with E-state index in [2.05, 4.69) is 14.4 Å². The fourth-order valence-electron chi connectivity index (χ4n) is 1.47. The van der Waals surface area contributed by atoms with Gasteiger partial charge < -0.3 is 5.73 Å². The first-order chi connectivity index (χ1) is 9.69. The van der Waals surface area contributed by atoms with Crippen LogP contribution in [0.15, 0.2) is 23.2 Å². The van der Waals surface area contributed by atoms with Gasteiger partial charge in [0, 0.05) is 19.3 Å². The molecule has 1 aromatic rings. The highest BCUT2D eigenvalue weighted by atomic mass is 32.2. The number of nitrogens with zero attached hydrogens (tertiary/aromatic N) is 1. The van der Waals surface area contributed by atoms with E-state index in [1.54, 1.807) is 6.92 Å². The molecule has 0 aromatic carbocycles. The Morgan fingerprint density at radius 3 is 2.57 bits per heavy atom. The van der Waals surface area contributed by atoms with Gasteiger partial charge in [-0.15, -0.1) is 0 Å². The summed E-state index contributed by atoms with van der Waals surface area (Å²) in [5.74, 6) is -0.372. The van der Waals surface area contributed by atoms with E-state index in [0.29, 0.717) is 0 Å². The summed E-state index contributed by atoms with van der Waals surface area (Å²) in [7, 11) is -7.45. The number of rotatable bonds is 8. The summed E-state index contributed by atoms with van der Waals surface area (Å²) in [6.45, 7) is 1.60. The van der Waals surface area contributed by atoms with Gasteiger partial charge in [-0.3, -0.25) is 4.98 Å². The maximum absolute atomic E-state index is 12.1. The lowest BCUT2D eigenvalue weighted by Crippen LogP contribution is -2.35. The number of pyridine rings is 1. The highest BCUT2D eigenvalue weighted by Gasteiger charge is 2.21. The van der Waals surface area contributed by atoms with Crippen LogP contribution in [0, 0.1) is 0 Å². The minimum Gasteiger partial charge on any atom is -0.388 e. The van der Waals surface area contributed by atoms with Gasteiger partial charge >= 0.3 is 0 Å². The Kier molecular flexibility index (Phi) is 6.16. The third kappa shape index (κ3) is 5.28. The fraction of sp³-hybridized carbons (Fsp3) is 0.400. The minimum atomic E-state index is -3.95. The summed E-state index contributed by atoms with van der Waals surface area (Å²) >= 11 is 4.74. The first-order valence-electron chi connectivity index (χ1n) is 5.91. The van der Waals surface area contributed by atoms with Crippen molar-refractivity contribution in [2.24, 2.45) is 5.73 Å². The Balaban J connectivity index is 2.87. The van der Waals surface area contributed by atoms with Gasteiger partial charge in [-0.1, -0.05) is 19.1 Å². The van der Waals surface area contributed by atoms with Crippen molar-refractivity contribution in [1.82, 2.24) is 14.4 Å². The van der Waals surface area contributed by atoms with Crippen LogP contribution in [-0.2, 0) is 20.0 Å². The first kappa shape index (κ1) is 17.9. The SMILES string of the molecule is CCNS(=O)(=O)CCNS(=O)(=O)c1cccnc1C(N)=S. The van der Waals surface area contributed by atoms with Gasteiger partial charge in [0.05, 0.1) is 5.75 Å². The van der Waals surface area contributed by atoms with E-state index in [1.807, 2.05) is 0 Å². The predicted molar refractivity (Wildman–Crippen MR) is 82.8 cm³/mol.